The zero-order chi connectivity index (χ0) is 20.1. The van der Waals surface area contributed by atoms with E-state index in [0.717, 1.165) is 66.7 Å². The highest BCUT2D eigenvalue weighted by molar-refractivity contribution is 5.48. The first-order valence-corrected chi connectivity index (χ1v) is 9.65. The fourth-order valence-corrected chi connectivity index (χ4v) is 3.75. The molecule has 2 heterocycles. The number of aromatic nitrogens is 2. The molecule has 1 atom stereocenters. The largest absolute Gasteiger partial charge is 0.497 e. The van der Waals surface area contributed by atoms with Gasteiger partial charge in [-0.1, -0.05) is 0 Å². The Morgan fingerprint density at radius 1 is 1.07 bits per heavy atom. The van der Waals surface area contributed by atoms with Crippen LogP contribution in [0.2, 0.25) is 0 Å². The first-order chi connectivity index (χ1) is 13.5. The van der Waals surface area contributed by atoms with Crippen molar-refractivity contribution in [1.82, 2.24) is 14.9 Å². The van der Waals surface area contributed by atoms with Crippen LogP contribution in [0.4, 0.5) is 5.82 Å². The molecule has 3 rings (SSSR count). The molecule has 1 aromatic carbocycles. The van der Waals surface area contributed by atoms with Crippen molar-refractivity contribution in [2.24, 2.45) is 0 Å². The maximum atomic E-state index is 9.61. The zero-order valence-corrected chi connectivity index (χ0v) is 17.2. The van der Waals surface area contributed by atoms with Crippen LogP contribution in [0.25, 0.3) is 0 Å². The average Bonchev–Trinajstić information content (AvgIpc) is 2.71. The molecule has 7 heteroatoms. The molecule has 1 saturated heterocycles. The van der Waals surface area contributed by atoms with E-state index in [1.807, 2.05) is 25.1 Å². The van der Waals surface area contributed by atoms with Gasteiger partial charge < -0.3 is 19.5 Å². The molecule has 7 nitrogen and oxygen atoms in total. The number of piperazine rings is 1. The number of aliphatic hydroxyl groups is 1. The van der Waals surface area contributed by atoms with Crippen molar-refractivity contribution in [3.05, 3.63) is 41.3 Å². The van der Waals surface area contributed by atoms with Gasteiger partial charge in [-0.2, -0.15) is 0 Å². The van der Waals surface area contributed by atoms with Crippen LogP contribution in [0.3, 0.4) is 0 Å². The smallest absolute Gasteiger partial charge is 0.135 e. The Morgan fingerprint density at radius 2 is 1.79 bits per heavy atom. The normalized spacial score (nSPS) is 17.6. The summed E-state index contributed by atoms with van der Waals surface area (Å²) in [6, 6.07) is 6.21. The van der Waals surface area contributed by atoms with Crippen molar-refractivity contribution in [3.63, 3.8) is 0 Å². The van der Waals surface area contributed by atoms with Gasteiger partial charge in [0.15, 0.2) is 0 Å². The van der Waals surface area contributed by atoms with Gasteiger partial charge in [-0.05, 0) is 38.0 Å². The molecule has 152 valence electrons. The summed E-state index contributed by atoms with van der Waals surface area (Å²) in [6.45, 7) is 7.65. The van der Waals surface area contributed by atoms with Crippen LogP contribution in [-0.2, 0) is 6.54 Å². The molecule has 1 aromatic heterocycles. The van der Waals surface area contributed by atoms with E-state index in [4.69, 9.17) is 9.47 Å². The summed E-state index contributed by atoms with van der Waals surface area (Å²) in [7, 11) is 3.33. The summed E-state index contributed by atoms with van der Waals surface area (Å²) in [5.41, 5.74) is 3.27. The Kier molecular flexibility index (Phi) is 6.70. The average molecular weight is 386 g/mol. The fraction of sp³-hybridized carbons (Fsp3) is 0.524. The fourth-order valence-electron chi connectivity index (χ4n) is 3.75. The molecular weight excluding hydrogens is 356 g/mol. The minimum absolute atomic E-state index is 0.165. The number of methoxy groups -OCH3 is 2. The summed E-state index contributed by atoms with van der Waals surface area (Å²) < 4.78 is 10.8. The number of benzene rings is 1. The lowest BCUT2D eigenvalue weighted by Gasteiger charge is -2.42. The number of rotatable bonds is 7. The maximum absolute atomic E-state index is 9.61. The molecule has 28 heavy (non-hydrogen) atoms. The summed E-state index contributed by atoms with van der Waals surface area (Å²) in [5.74, 6) is 2.58. The van der Waals surface area contributed by atoms with Crippen LogP contribution >= 0.6 is 0 Å². The van der Waals surface area contributed by atoms with Gasteiger partial charge in [-0.3, -0.25) is 4.90 Å². The summed E-state index contributed by atoms with van der Waals surface area (Å²) in [6.07, 6.45) is 2.36. The van der Waals surface area contributed by atoms with E-state index in [0.29, 0.717) is 0 Å². The van der Waals surface area contributed by atoms with Gasteiger partial charge in [0.25, 0.3) is 0 Å². The molecule has 0 radical (unpaired) electrons. The third-order valence-corrected chi connectivity index (χ3v) is 5.47. The van der Waals surface area contributed by atoms with E-state index in [-0.39, 0.29) is 12.6 Å². The first kappa shape index (κ1) is 20.4. The highest BCUT2D eigenvalue weighted by atomic mass is 16.5. The Bertz CT molecular complexity index is 777. The van der Waals surface area contributed by atoms with Gasteiger partial charge in [0.1, 0.15) is 23.6 Å². The molecule has 0 bridgehead atoms. The second-order valence-corrected chi connectivity index (χ2v) is 7.21. The van der Waals surface area contributed by atoms with Crippen molar-refractivity contribution >= 4 is 5.82 Å². The van der Waals surface area contributed by atoms with Crippen LogP contribution in [0.15, 0.2) is 24.5 Å². The van der Waals surface area contributed by atoms with Crippen LogP contribution in [-0.4, -0.2) is 66.5 Å². The third kappa shape index (κ3) is 4.54. The van der Waals surface area contributed by atoms with Gasteiger partial charge >= 0.3 is 0 Å². The molecule has 0 unspecified atom stereocenters. The number of anilines is 1. The first-order valence-electron chi connectivity index (χ1n) is 9.65. The lowest BCUT2D eigenvalue weighted by Crippen LogP contribution is -2.53. The molecular formula is C21H30N4O3. The van der Waals surface area contributed by atoms with E-state index in [2.05, 4.69) is 26.7 Å². The molecule has 2 aromatic rings. The van der Waals surface area contributed by atoms with E-state index in [1.54, 1.807) is 20.5 Å². The Balaban J connectivity index is 1.77. The topological polar surface area (TPSA) is 71.0 Å². The molecule has 1 aliphatic heterocycles. The molecule has 1 N–H and O–H groups in total. The maximum Gasteiger partial charge on any atom is 0.135 e. The van der Waals surface area contributed by atoms with E-state index >= 15 is 0 Å². The van der Waals surface area contributed by atoms with Crippen molar-refractivity contribution in [2.75, 3.05) is 45.4 Å². The Morgan fingerprint density at radius 3 is 2.43 bits per heavy atom. The zero-order valence-electron chi connectivity index (χ0n) is 17.2. The molecule has 1 aliphatic rings. The molecule has 0 spiro atoms. The van der Waals surface area contributed by atoms with E-state index in [9.17, 15) is 5.11 Å². The molecule has 0 saturated carbocycles. The standard InChI is InChI=1S/C21H30N4O3/c1-15-16(2)22-14-23-21(15)25-7-6-24(18(13-25)5-8-26)12-17-9-19(27-3)11-20(10-17)28-4/h9-11,14,18,26H,5-8,12-13H2,1-4H3/t18-/m0/s1. The van der Waals surface area contributed by atoms with Gasteiger partial charge in [0, 0.05) is 56.2 Å². The lowest BCUT2D eigenvalue weighted by molar-refractivity contribution is 0.135. The minimum Gasteiger partial charge on any atom is -0.497 e. The van der Waals surface area contributed by atoms with E-state index in [1.165, 1.54) is 0 Å². The number of ether oxygens (including phenoxy) is 2. The van der Waals surface area contributed by atoms with Crippen LogP contribution < -0.4 is 14.4 Å². The molecule has 0 amide bonds. The number of hydrogen-bond donors (Lipinski definition) is 1. The summed E-state index contributed by atoms with van der Waals surface area (Å²) >= 11 is 0. The summed E-state index contributed by atoms with van der Waals surface area (Å²) in [4.78, 5) is 13.5. The van der Waals surface area contributed by atoms with Crippen LogP contribution in [0.5, 0.6) is 11.5 Å². The van der Waals surface area contributed by atoms with Gasteiger partial charge in [-0.25, -0.2) is 9.97 Å². The quantitative estimate of drug-likeness (QED) is 0.782. The van der Waals surface area contributed by atoms with Crippen molar-refractivity contribution in [1.29, 1.82) is 0 Å². The second kappa shape index (κ2) is 9.21. The number of aryl methyl sites for hydroxylation is 1. The second-order valence-electron chi connectivity index (χ2n) is 7.21. The van der Waals surface area contributed by atoms with E-state index < -0.39 is 0 Å². The summed E-state index contributed by atoms with van der Waals surface area (Å²) in [5, 5.41) is 9.61. The molecule has 1 fully saturated rings. The van der Waals surface area contributed by atoms with Crippen molar-refractivity contribution < 1.29 is 14.6 Å². The Hall–Kier alpha value is -2.38. The Labute approximate surface area is 166 Å². The van der Waals surface area contributed by atoms with Gasteiger partial charge in [0.05, 0.1) is 14.2 Å². The van der Waals surface area contributed by atoms with Gasteiger partial charge in [0.2, 0.25) is 0 Å². The third-order valence-electron chi connectivity index (χ3n) is 5.47. The number of hydrogen-bond acceptors (Lipinski definition) is 7. The van der Waals surface area contributed by atoms with Crippen LogP contribution in [0, 0.1) is 13.8 Å². The SMILES string of the molecule is COc1cc(CN2CCN(c3ncnc(C)c3C)C[C@@H]2CCO)cc(OC)c1. The van der Waals surface area contributed by atoms with Crippen LogP contribution in [0.1, 0.15) is 23.2 Å². The van der Waals surface area contributed by atoms with Crippen molar-refractivity contribution in [3.8, 4) is 11.5 Å². The van der Waals surface area contributed by atoms with Crippen molar-refractivity contribution in [2.45, 2.75) is 32.9 Å². The predicted octanol–water partition coefficient (Wildman–Crippen LogP) is 2.18. The number of nitrogens with zero attached hydrogens (tertiary/aromatic N) is 4. The number of aliphatic hydroxyl groups excluding tert-OH is 1. The lowest BCUT2D eigenvalue weighted by atomic mass is 10.1. The highest BCUT2D eigenvalue weighted by Crippen LogP contribution is 2.27. The monoisotopic (exact) mass is 386 g/mol. The predicted molar refractivity (Wildman–Crippen MR) is 109 cm³/mol. The highest BCUT2D eigenvalue weighted by Gasteiger charge is 2.28. The van der Waals surface area contributed by atoms with Gasteiger partial charge in [-0.15, -0.1) is 0 Å². The minimum atomic E-state index is 0.165. The molecule has 0 aliphatic carbocycles.